The number of aliphatic imine (C=N–C) groups is 1. The molecule has 0 saturated heterocycles. The predicted molar refractivity (Wildman–Crippen MR) is 94.8 cm³/mol. The molecule has 0 spiro atoms. The number of nitrogens with one attached hydrogen (secondary N) is 2. The quantitative estimate of drug-likeness (QED) is 0.371. The number of furan rings is 1. The fraction of sp³-hybridized carbons (Fsp3) is 0.706. The van der Waals surface area contributed by atoms with Gasteiger partial charge < -0.3 is 19.8 Å². The maximum atomic E-state index is 5.55. The highest BCUT2D eigenvalue weighted by atomic mass is 16.5. The lowest BCUT2D eigenvalue weighted by atomic mass is 10.2. The second kappa shape index (κ2) is 12.0. The average Bonchev–Trinajstić information content (AvgIpc) is 3.06. The summed E-state index contributed by atoms with van der Waals surface area (Å²) >= 11 is 0. The normalized spacial score (nSPS) is 13.3. The van der Waals surface area contributed by atoms with Gasteiger partial charge in [-0.2, -0.15) is 0 Å². The van der Waals surface area contributed by atoms with E-state index in [0.29, 0.717) is 0 Å². The van der Waals surface area contributed by atoms with Crippen molar-refractivity contribution in [1.82, 2.24) is 15.5 Å². The highest BCUT2D eigenvalue weighted by molar-refractivity contribution is 5.79. The van der Waals surface area contributed by atoms with Gasteiger partial charge in [0.15, 0.2) is 5.96 Å². The van der Waals surface area contributed by atoms with Gasteiger partial charge in [-0.25, -0.2) is 0 Å². The molecule has 0 aliphatic carbocycles. The summed E-state index contributed by atoms with van der Waals surface area (Å²) in [5, 5.41) is 6.66. The molecule has 1 unspecified atom stereocenters. The van der Waals surface area contributed by atoms with Crippen LogP contribution in [0.4, 0.5) is 0 Å². The topological polar surface area (TPSA) is 62.0 Å². The number of ether oxygens (including phenoxy) is 1. The third-order valence-corrected chi connectivity index (χ3v) is 3.58. The molecule has 6 nitrogen and oxygen atoms in total. The van der Waals surface area contributed by atoms with E-state index in [1.54, 1.807) is 13.3 Å². The molecule has 0 saturated carbocycles. The molecule has 1 heterocycles. The molecule has 6 heteroatoms. The van der Waals surface area contributed by atoms with Gasteiger partial charge in [0.2, 0.25) is 0 Å². The van der Waals surface area contributed by atoms with Crippen LogP contribution in [0, 0.1) is 0 Å². The molecule has 0 aliphatic heterocycles. The van der Waals surface area contributed by atoms with Crippen molar-refractivity contribution in [2.75, 3.05) is 47.4 Å². The van der Waals surface area contributed by atoms with Crippen LogP contribution in [0.1, 0.15) is 38.0 Å². The van der Waals surface area contributed by atoms with Gasteiger partial charge in [0.25, 0.3) is 0 Å². The van der Waals surface area contributed by atoms with Gasteiger partial charge in [-0.15, -0.1) is 0 Å². The van der Waals surface area contributed by atoms with Crippen molar-refractivity contribution in [2.45, 2.75) is 32.2 Å². The van der Waals surface area contributed by atoms with Crippen molar-refractivity contribution in [3.05, 3.63) is 24.2 Å². The third kappa shape index (κ3) is 8.04. The number of hydrogen-bond donors (Lipinski definition) is 2. The summed E-state index contributed by atoms with van der Waals surface area (Å²) < 4.78 is 11.1. The van der Waals surface area contributed by atoms with Crippen molar-refractivity contribution in [1.29, 1.82) is 0 Å². The Morgan fingerprint density at radius 3 is 2.70 bits per heavy atom. The molecule has 2 N–H and O–H groups in total. The first-order valence-electron chi connectivity index (χ1n) is 8.41. The van der Waals surface area contributed by atoms with Crippen molar-refractivity contribution < 1.29 is 9.15 Å². The number of hydrogen-bond acceptors (Lipinski definition) is 4. The summed E-state index contributed by atoms with van der Waals surface area (Å²) in [6, 6.07) is 4.08. The van der Waals surface area contributed by atoms with Crippen LogP contribution in [-0.2, 0) is 4.74 Å². The Morgan fingerprint density at radius 1 is 1.30 bits per heavy atom. The maximum Gasteiger partial charge on any atom is 0.191 e. The number of likely N-dealkylation sites (N-methyl/N-ethyl adjacent to an activating group) is 1. The lowest BCUT2D eigenvalue weighted by Crippen LogP contribution is -2.42. The van der Waals surface area contributed by atoms with Crippen LogP contribution < -0.4 is 10.6 Å². The molecule has 0 fully saturated rings. The fourth-order valence-corrected chi connectivity index (χ4v) is 2.16. The van der Waals surface area contributed by atoms with Crippen LogP contribution in [0.25, 0.3) is 0 Å². The summed E-state index contributed by atoms with van der Waals surface area (Å²) in [6.45, 7) is 5.39. The number of rotatable bonds is 11. The molecule has 23 heavy (non-hydrogen) atoms. The second-order valence-electron chi connectivity index (χ2n) is 5.69. The summed E-state index contributed by atoms with van der Waals surface area (Å²) in [7, 11) is 5.86. The molecule has 0 amide bonds. The molecular weight excluding hydrogens is 292 g/mol. The molecule has 0 aliphatic rings. The van der Waals surface area contributed by atoms with Gasteiger partial charge in [0.05, 0.1) is 12.3 Å². The SMILES string of the molecule is CCCCOCCCNC(=NC)NCC(c1ccco1)N(C)C. The van der Waals surface area contributed by atoms with Crippen LogP contribution in [-0.4, -0.2) is 58.3 Å². The van der Waals surface area contributed by atoms with Crippen LogP contribution in [0.2, 0.25) is 0 Å². The Labute approximate surface area is 140 Å². The zero-order valence-electron chi connectivity index (χ0n) is 15.0. The zero-order chi connectivity index (χ0) is 16.9. The molecule has 1 rings (SSSR count). The Balaban J connectivity index is 2.25. The Bertz CT molecular complexity index is 418. The Hall–Kier alpha value is -1.53. The van der Waals surface area contributed by atoms with Crippen LogP contribution >= 0.6 is 0 Å². The van der Waals surface area contributed by atoms with Gasteiger partial charge in [0.1, 0.15) is 5.76 Å². The van der Waals surface area contributed by atoms with E-state index in [1.165, 1.54) is 6.42 Å². The zero-order valence-corrected chi connectivity index (χ0v) is 15.0. The first-order valence-corrected chi connectivity index (χ1v) is 8.41. The molecule has 0 aromatic carbocycles. The lowest BCUT2D eigenvalue weighted by molar-refractivity contribution is 0.129. The van der Waals surface area contributed by atoms with E-state index in [0.717, 1.165) is 50.9 Å². The highest BCUT2D eigenvalue weighted by Crippen LogP contribution is 2.17. The lowest BCUT2D eigenvalue weighted by Gasteiger charge is -2.23. The first-order chi connectivity index (χ1) is 11.2. The minimum absolute atomic E-state index is 0.168. The van der Waals surface area contributed by atoms with Gasteiger partial charge in [0, 0.05) is 33.4 Å². The van der Waals surface area contributed by atoms with E-state index in [9.17, 15) is 0 Å². The van der Waals surface area contributed by atoms with Crippen molar-refractivity contribution in [2.24, 2.45) is 4.99 Å². The van der Waals surface area contributed by atoms with Crippen molar-refractivity contribution in [3.8, 4) is 0 Å². The van der Waals surface area contributed by atoms with E-state index in [1.807, 2.05) is 26.2 Å². The molecule has 132 valence electrons. The summed E-state index contributed by atoms with van der Waals surface area (Å²) in [4.78, 5) is 6.38. The van der Waals surface area contributed by atoms with Gasteiger partial charge in [-0.05, 0) is 39.1 Å². The van der Waals surface area contributed by atoms with E-state index in [-0.39, 0.29) is 6.04 Å². The summed E-state index contributed by atoms with van der Waals surface area (Å²) in [5.74, 6) is 1.75. The molecule has 1 aromatic rings. The van der Waals surface area contributed by atoms with E-state index < -0.39 is 0 Å². The smallest absolute Gasteiger partial charge is 0.191 e. The minimum Gasteiger partial charge on any atom is -0.468 e. The number of guanidine groups is 1. The molecular formula is C17H32N4O2. The van der Waals surface area contributed by atoms with Crippen molar-refractivity contribution in [3.63, 3.8) is 0 Å². The first kappa shape index (κ1) is 19.5. The standard InChI is InChI=1S/C17H32N4O2/c1-5-6-11-22-12-8-10-19-17(18-2)20-14-15(21(3)4)16-9-7-13-23-16/h7,9,13,15H,5-6,8,10-12,14H2,1-4H3,(H2,18,19,20). The minimum atomic E-state index is 0.168. The van der Waals surface area contributed by atoms with Crippen LogP contribution in [0.5, 0.6) is 0 Å². The summed E-state index contributed by atoms with van der Waals surface area (Å²) in [6.07, 6.45) is 4.99. The highest BCUT2D eigenvalue weighted by Gasteiger charge is 2.17. The largest absolute Gasteiger partial charge is 0.468 e. The molecule has 0 radical (unpaired) electrons. The van der Waals surface area contributed by atoms with Gasteiger partial charge >= 0.3 is 0 Å². The molecule has 0 bridgehead atoms. The Kier molecular flexibility index (Phi) is 10.2. The van der Waals surface area contributed by atoms with Crippen LogP contribution in [0.3, 0.4) is 0 Å². The molecule has 1 atom stereocenters. The van der Waals surface area contributed by atoms with Crippen molar-refractivity contribution >= 4 is 5.96 Å². The van der Waals surface area contributed by atoms with E-state index in [2.05, 4.69) is 27.4 Å². The third-order valence-electron chi connectivity index (χ3n) is 3.58. The van der Waals surface area contributed by atoms with E-state index >= 15 is 0 Å². The monoisotopic (exact) mass is 324 g/mol. The number of unbranched alkanes of at least 4 members (excludes halogenated alkanes) is 1. The molecule has 1 aromatic heterocycles. The predicted octanol–water partition coefficient (Wildman–Crippen LogP) is 2.25. The van der Waals surface area contributed by atoms with Gasteiger partial charge in [-0.1, -0.05) is 13.3 Å². The summed E-state index contributed by atoms with van der Waals surface area (Å²) in [5.41, 5.74) is 0. The second-order valence-corrected chi connectivity index (χ2v) is 5.69. The van der Waals surface area contributed by atoms with Crippen LogP contribution in [0.15, 0.2) is 27.8 Å². The Morgan fingerprint density at radius 2 is 2.09 bits per heavy atom. The average molecular weight is 324 g/mol. The maximum absolute atomic E-state index is 5.55. The van der Waals surface area contributed by atoms with E-state index in [4.69, 9.17) is 9.15 Å². The van der Waals surface area contributed by atoms with Gasteiger partial charge in [-0.3, -0.25) is 9.89 Å². The fourth-order valence-electron chi connectivity index (χ4n) is 2.16. The number of nitrogens with zero attached hydrogens (tertiary/aromatic N) is 2.